The van der Waals surface area contributed by atoms with Crippen molar-refractivity contribution in [2.24, 2.45) is 5.10 Å². The number of hydrogen-bond acceptors (Lipinski definition) is 3. The minimum absolute atomic E-state index is 0.242. The summed E-state index contributed by atoms with van der Waals surface area (Å²) in [4.78, 5) is 2.62. The number of nitrogens with one attached hydrogen (secondary N) is 1. The van der Waals surface area contributed by atoms with E-state index in [0.717, 1.165) is 41.4 Å². The molecule has 132 valence electrons. The van der Waals surface area contributed by atoms with Gasteiger partial charge in [-0.15, -0.1) is 0 Å². The van der Waals surface area contributed by atoms with Gasteiger partial charge in [0.05, 0.1) is 4.90 Å². The molecule has 0 saturated heterocycles. The second-order valence-corrected chi connectivity index (χ2v) is 8.99. The van der Waals surface area contributed by atoms with Crippen molar-refractivity contribution in [2.75, 3.05) is 0 Å². The van der Waals surface area contributed by atoms with Crippen LogP contribution in [-0.4, -0.2) is 14.1 Å². The maximum absolute atomic E-state index is 12.3. The topological polar surface area (TPSA) is 58.5 Å². The van der Waals surface area contributed by atoms with Gasteiger partial charge in [-0.3, -0.25) is 0 Å². The second-order valence-electron chi connectivity index (χ2n) is 6.41. The minimum atomic E-state index is -3.59. The lowest BCUT2D eigenvalue weighted by Crippen LogP contribution is -2.22. The molecule has 0 spiro atoms. The summed E-state index contributed by atoms with van der Waals surface area (Å²) in [5.74, 6) is 0.515. The van der Waals surface area contributed by atoms with E-state index in [4.69, 9.17) is 0 Å². The Bertz CT molecular complexity index is 849. The summed E-state index contributed by atoms with van der Waals surface area (Å²) in [6.45, 7) is 1.92. The summed E-state index contributed by atoms with van der Waals surface area (Å²) in [5.41, 5.74) is 3.28. The Morgan fingerprint density at radius 2 is 1.60 bits per heavy atom. The summed E-state index contributed by atoms with van der Waals surface area (Å²) < 4.78 is 25.6. The standard InChI is InChI=1S/C19H21BrN2O2S/c1-14-2-12-19(13-3-14)25(23,24)22-21-18-10-6-16(7-11-18)15-4-8-17(20)9-5-15/h2-5,8-9,12-13,16,22H,6-7,10-11H2,1H3. The molecule has 0 unspecified atom stereocenters. The van der Waals surface area contributed by atoms with Crippen molar-refractivity contribution in [3.05, 3.63) is 64.1 Å². The van der Waals surface area contributed by atoms with Crippen LogP contribution in [0.1, 0.15) is 42.7 Å². The predicted octanol–water partition coefficient (Wildman–Crippen LogP) is 4.75. The Hall–Kier alpha value is -1.66. The molecule has 2 aromatic rings. The molecule has 0 aliphatic heterocycles. The zero-order chi connectivity index (χ0) is 17.9. The van der Waals surface area contributed by atoms with Crippen LogP contribution >= 0.6 is 15.9 Å². The van der Waals surface area contributed by atoms with Crippen LogP contribution in [0, 0.1) is 6.92 Å². The van der Waals surface area contributed by atoms with Crippen molar-refractivity contribution in [2.45, 2.75) is 43.4 Å². The molecule has 0 radical (unpaired) electrons. The fourth-order valence-corrected chi connectivity index (χ4v) is 4.14. The van der Waals surface area contributed by atoms with Crippen LogP contribution in [0.2, 0.25) is 0 Å². The first-order chi connectivity index (χ1) is 11.9. The lowest BCUT2D eigenvalue weighted by atomic mass is 9.83. The zero-order valence-corrected chi connectivity index (χ0v) is 16.5. The number of hydrogen-bond donors (Lipinski definition) is 1. The molecule has 25 heavy (non-hydrogen) atoms. The third kappa shape index (κ3) is 4.70. The first kappa shape index (κ1) is 18.1. The van der Waals surface area contributed by atoms with E-state index in [-0.39, 0.29) is 4.90 Å². The Balaban J connectivity index is 1.60. The van der Waals surface area contributed by atoms with Gasteiger partial charge in [0.2, 0.25) is 0 Å². The zero-order valence-electron chi connectivity index (χ0n) is 14.1. The van der Waals surface area contributed by atoms with Gasteiger partial charge in [0.15, 0.2) is 0 Å². The first-order valence-electron chi connectivity index (χ1n) is 8.33. The summed E-state index contributed by atoms with van der Waals surface area (Å²) >= 11 is 3.46. The van der Waals surface area contributed by atoms with E-state index in [1.807, 2.05) is 6.92 Å². The van der Waals surface area contributed by atoms with Crippen molar-refractivity contribution >= 4 is 31.7 Å². The maximum atomic E-state index is 12.3. The molecule has 3 rings (SSSR count). The van der Waals surface area contributed by atoms with Gasteiger partial charge in [-0.05, 0) is 68.4 Å². The molecule has 1 saturated carbocycles. The largest absolute Gasteiger partial charge is 0.276 e. The summed E-state index contributed by atoms with van der Waals surface area (Å²) in [7, 11) is -3.59. The smallest absolute Gasteiger partial charge is 0.200 e. The lowest BCUT2D eigenvalue weighted by Gasteiger charge is -2.23. The molecule has 0 atom stereocenters. The maximum Gasteiger partial charge on any atom is 0.276 e. The SMILES string of the molecule is Cc1ccc(S(=O)(=O)NN=C2CCC(c3ccc(Br)cc3)CC2)cc1. The van der Waals surface area contributed by atoms with Gasteiger partial charge >= 0.3 is 0 Å². The number of rotatable bonds is 4. The van der Waals surface area contributed by atoms with E-state index < -0.39 is 10.0 Å². The van der Waals surface area contributed by atoms with Crippen LogP contribution in [0.15, 0.2) is 63.0 Å². The number of nitrogens with zero attached hydrogens (tertiary/aromatic N) is 1. The van der Waals surface area contributed by atoms with Crippen LogP contribution in [-0.2, 0) is 10.0 Å². The highest BCUT2D eigenvalue weighted by Gasteiger charge is 2.20. The molecule has 0 amide bonds. The second kappa shape index (κ2) is 7.70. The van der Waals surface area contributed by atoms with Gasteiger partial charge < -0.3 is 0 Å². The molecule has 0 heterocycles. The fourth-order valence-electron chi connectivity index (χ4n) is 3.03. The molecular weight excluding hydrogens is 400 g/mol. The molecule has 1 N–H and O–H groups in total. The van der Waals surface area contributed by atoms with Crippen LogP contribution in [0.25, 0.3) is 0 Å². The van der Waals surface area contributed by atoms with Crippen molar-refractivity contribution in [1.82, 2.24) is 4.83 Å². The molecule has 1 aliphatic rings. The van der Waals surface area contributed by atoms with Gasteiger partial charge in [-0.1, -0.05) is 45.8 Å². The van der Waals surface area contributed by atoms with Crippen molar-refractivity contribution in [3.63, 3.8) is 0 Å². The highest BCUT2D eigenvalue weighted by atomic mass is 79.9. The minimum Gasteiger partial charge on any atom is -0.200 e. The van der Waals surface area contributed by atoms with Crippen molar-refractivity contribution in [1.29, 1.82) is 0 Å². The quantitative estimate of drug-likeness (QED) is 0.725. The van der Waals surface area contributed by atoms with E-state index in [0.29, 0.717) is 5.92 Å². The van der Waals surface area contributed by atoms with Gasteiger partial charge in [-0.25, -0.2) is 4.83 Å². The summed E-state index contributed by atoms with van der Waals surface area (Å²) in [6, 6.07) is 15.2. The lowest BCUT2D eigenvalue weighted by molar-refractivity contribution is 0.560. The average molecular weight is 421 g/mol. The molecule has 0 bridgehead atoms. The molecule has 1 aliphatic carbocycles. The first-order valence-corrected chi connectivity index (χ1v) is 10.6. The van der Waals surface area contributed by atoms with E-state index in [9.17, 15) is 8.42 Å². The Morgan fingerprint density at radius 3 is 2.20 bits per heavy atom. The molecule has 1 fully saturated rings. The average Bonchev–Trinajstić information content (AvgIpc) is 2.62. The van der Waals surface area contributed by atoms with Crippen LogP contribution < -0.4 is 4.83 Å². The highest BCUT2D eigenvalue weighted by molar-refractivity contribution is 9.10. The van der Waals surface area contributed by atoms with Gasteiger partial charge in [0, 0.05) is 10.2 Å². The van der Waals surface area contributed by atoms with E-state index in [1.54, 1.807) is 24.3 Å². The third-order valence-corrected chi connectivity index (χ3v) is 6.31. The van der Waals surface area contributed by atoms with Crippen LogP contribution in [0.5, 0.6) is 0 Å². The van der Waals surface area contributed by atoms with Crippen molar-refractivity contribution < 1.29 is 8.42 Å². The predicted molar refractivity (Wildman–Crippen MR) is 104 cm³/mol. The normalized spacial score (nSPS) is 18.0. The number of benzene rings is 2. The number of aryl methyl sites for hydroxylation is 1. The molecule has 2 aromatic carbocycles. The van der Waals surface area contributed by atoms with Crippen molar-refractivity contribution in [3.8, 4) is 0 Å². The van der Waals surface area contributed by atoms with Gasteiger partial charge in [0.25, 0.3) is 10.0 Å². The monoisotopic (exact) mass is 420 g/mol. The Morgan fingerprint density at radius 1 is 1.00 bits per heavy atom. The molecular formula is C19H21BrN2O2S. The highest BCUT2D eigenvalue weighted by Crippen LogP contribution is 2.32. The van der Waals surface area contributed by atoms with E-state index in [1.165, 1.54) is 5.56 Å². The van der Waals surface area contributed by atoms with Crippen LogP contribution in [0.3, 0.4) is 0 Å². The summed E-state index contributed by atoms with van der Waals surface area (Å²) in [5, 5.41) is 4.17. The molecule has 4 nitrogen and oxygen atoms in total. The Kier molecular flexibility index (Phi) is 5.59. The number of hydrazone groups is 1. The fraction of sp³-hybridized carbons (Fsp3) is 0.316. The number of halogens is 1. The summed E-state index contributed by atoms with van der Waals surface area (Å²) in [6.07, 6.45) is 3.62. The van der Waals surface area contributed by atoms with E-state index >= 15 is 0 Å². The van der Waals surface area contributed by atoms with Crippen LogP contribution in [0.4, 0.5) is 0 Å². The Labute approximate surface area is 157 Å². The van der Waals surface area contributed by atoms with Gasteiger partial charge in [-0.2, -0.15) is 13.5 Å². The third-order valence-electron chi connectivity index (χ3n) is 4.56. The number of sulfonamides is 1. The molecule has 0 aromatic heterocycles. The van der Waals surface area contributed by atoms with E-state index in [2.05, 4.69) is 50.1 Å². The van der Waals surface area contributed by atoms with Gasteiger partial charge in [0.1, 0.15) is 0 Å². The molecule has 6 heteroatoms.